The summed E-state index contributed by atoms with van der Waals surface area (Å²) in [5.41, 5.74) is 6.63. The number of carbonyl (C=O) groups is 3. The first-order valence-corrected chi connectivity index (χ1v) is 18.8. The number of aromatic nitrogens is 2. The van der Waals surface area contributed by atoms with Crippen LogP contribution in [0, 0.1) is 11.8 Å². The van der Waals surface area contributed by atoms with Crippen molar-refractivity contribution >= 4 is 34.9 Å². The summed E-state index contributed by atoms with van der Waals surface area (Å²) in [6, 6.07) is 15.0. The molecule has 10 rings (SSSR count). The summed E-state index contributed by atoms with van der Waals surface area (Å²) in [6.45, 7) is 9.35. The third kappa shape index (κ3) is 5.84. The van der Waals surface area contributed by atoms with E-state index in [1.165, 1.54) is 0 Å². The molecule has 2 aromatic carbocycles. The van der Waals surface area contributed by atoms with Crippen LogP contribution in [0.2, 0.25) is 0 Å². The molecule has 0 radical (unpaired) electrons. The van der Waals surface area contributed by atoms with Gasteiger partial charge in [-0.15, -0.1) is 10.2 Å². The fourth-order valence-electron chi connectivity index (χ4n) is 9.41. The molecule has 14 heteroatoms. The summed E-state index contributed by atoms with van der Waals surface area (Å²) < 4.78 is 6.24. The van der Waals surface area contributed by atoms with E-state index in [9.17, 15) is 19.5 Å². The van der Waals surface area contributed by atoms with Gasteiger partial charge < -0.3 is 34.8 Å². The third-order valence-corrected chi connectivity index (χ3v) is 12.2. The van der Waals surface area contributed by atoms with Crippen LogP contribution in [-0.4, -0.2) is 131 Å². The molecule has 274 valence electrons. The minimum atomic E-state index is -0.607. The topological polar surface area (TPSA) is 147 Å². The van der Waals surface area contributed by atoms with Crippen molar-refractivity contribution in [2.45, 2.75) is 37.6 Å². The first-order valence-electron chi connectivity index (χ1n) is 18.8. The van der Waals surface area contributed by atoms with Crippen molar-refractivity contribution in [3.63, 3.8) is 0 Å². The number of piperidine rings is 1. The highest BCUT2D eigenvalue weighted by Crippen LogP contribution is 2.51. The number of phenolic OH excluding ortho intramolecular Hbond substituents is 1. The quantitative estimate of drug-likeness (QED) is 0.307. The predicted molar refractivity (Wildman–Crippen MR) is 196 cm³/mol. The molecule has 1 unspecified atom stereocenters. The molecule has 7 aliphatic rings. The summed E-state index contributed by atoms with van der Waals surface area (Å²) in [4.78, 5) is 48.8. The van der Waals surface area contributed by atoms with Crippen LogP contribution in [0.4, 0.5) is 17.2 Å². The molecule has 1 saturated carbocycles. The number of benzene rings is 2. The minimum Gasteiger partial charge on any atom is -0.507 e. The molecule has 3 saturated heterocycles. The zero-order valence-electron chi connectivity index (χ0n) is 29.5. The molecule has 3 aromatic rings. The van der Waals surface area contributed by atoms with Crippen LogP contribution < -0.4 is 20.4 Å². The Morgan fingerprint density at radius 2 is 1.83 bits per heavy atom. The van der Waals surface area contributed by atoms with Crippen molar-refractivity contribution in [3.8, 4) is 17.0 Å². The average molecular weight is 718 g/mol. The monoisotopic (exact) mass is 717 g/mol. The molecular weight excluding hydrogens is 674 g/mol. The molecule has 1 aliphatic carbocycles. The molecule has 0 bridgehead atoms. The van der Waals surface area contributed by atoms with Gasteiger partial charge in [-0.05, 0) is 60.2 Å². The van der Waals surface area contributed by atoms with Crippen LogP contribution in [0.25, 0.3) is 11.3 Å². The van der Waals surface area contributed by atoms with E-state index < -0.39 is 6.04 Å². The van der Waals surface area contributed by atoms with Crippen LogP contribution in [0.15, 0.2) is 60.3 Å². The Kier molecular flexibility index (Phi) is 7.79. The SMILES string of the molecule is O=C1CCC(N2Cc3cc(N4CCO[C@H](CN5C=C6[C@@H](C5)[C@@H]6CN5CCN6c7cc(-c8ccccc8O)nnc7NC[C@H]6C5)C4)ccc3C2=O)C(=O)N1. The van der Waals surface area contributed by atoms with E-state index in [2.05, 4.69) is 58.8 Å². The highest BCUT2D eigenvalue weighted by Gasteiger charge is 2.50. The molecule has 14 nitrogen and oxygen atoms in total. The van der Waals surface area contributed by atoms with E-state index in [0.29, 0.717) is 54.3 Å². The van der Waals surface area contributed by atoms with Crippen LogP contribution >= 0.6 is 0 Å². The second-order valence-electron chi connectivity index (χ2n) is 15.4. The number of ether oxygens (including phenoxy) is 1. The van der Waals surface area contributed by atoms with Gasteiger partial charge in [-0.1, -0.05) is 12.1 Å². The smallest absolute Gasteiger partial charge is 0.255 e. The van der Waals surface area contributed by atoms with Crippen LogP contribution in [0.1, 0.15) is 28.8 Å². The largest absolute Gasteiger partial charge is 0.507 e. The molecule has 3 amide bonds. The molecule has 1 aromatic heterocycles. The number of nitrogens with one attached hydrogen (secondary N) is 2. The number of nitrogens with zero attached hydrogens (tertiary/aromatic N) is 7. The number of phenols is 1. The standard InChI is InChI=1S/C39H43N9O5/c49-35-4-2-1-3-28(35)32-14-34-37(43-42-32)40-15-25-17-44(9-10-47(25)34)20-29-30-21-45(22-31(29)30)18-26-19-46(11-12-53-26)24-5-6-27-23(13-24)16-48(39(27)52)33-7-8-36(50)41-38(33)51/h1-6,13-14,21,25-26,29,31,33,49H,7-12,15-20,22H2,(H,40,43)(H,41,50,51)/t25-,26+,29+,31-,33?/m0/s1. The number of carbonyl (C=O) groups excluding carboxylic acids is 3. The number of imide groups is 1. The normalized spacial score (nSPS) is 27.8. The first-order chi connectivity index (χ1) is 25.9. The zero-order valence-corrected chi connectivity index (χ0v) is 29.5. The lowest BCUT2D eigenvalue weighted by molar-refractivity contribution is -0.136. The lowest BCUT2D eigenvalue weighted by Gasteiger charge is -2.46. The maximum absolute atomic E-state index is 13.2. The number of amides is 3. The molecule has 4 fully saturated rings. The van der Waals surface area contributed by atoms with Gasteiger partial charge in [0, 0.05) is 101 Å². The van der Waals surface area contributed by atoms with E-state index in [1.54, 1.807) is 16.5 Å². The number of para-hydroxylation sites is 1. The van der Waals surface area contributed by atoms with Gasteiger partial charge in [0.1, 0.15) is 11.8 Å². The second-order valence-corrected chi connectivity index (χ2v) is 15.4. The van der Waals surface area contributed by atoms with E-state index in [-0.39, 0.29) is 36.0 Å². The van der Waals surface area contributed by atoms with Crippen molar-refractivity contribution in [1.82, 2.24) is 30.2 Å². The summed E-state index contributed by atoms with van der Waals surface area (Å²) in [5, 5.41) is 25.1. The summed E-state index contributed by atoms with van der Waals surface area (Å²) in [5.74, 6) is 1.45. The third-order valence-electron chi connectivity index (χ3n) is 12.2. The van der Waals surface area contributed by atoms with Gasteiger partial charge in [0.25, 0.3) is 5.91 Å². The van der Waals surface area contributed by atoms with E-state index >= 15 is 0 Å². The van der Waals surface area contributed by atoms with Crippen molar-refractivity contribution in [2.24, 2.45) is 11.8 Å². The minimum absolute atomic E-state index is 0.0808. The fraction of sp³-hybridized carbons (Fsp3) is 0.462. The number of anilines is 3. The van der Waals surface area contributed by atoms with Gasteiger partial charge in [-0.3, -0.25) is 24.6 Å². The Morgan fingerprint density at radius 1 is 0.925 bits per heavy atom. The molecule has 3 N–H and O–H groups in total. The van der Waals surface area contributed by atoms with Gasteiger partial charge in [0.2, 0.25) is 11.8 Å². The molecule has 6 aliphatic heterocycles. The van der Waals surface area contributed by atoms with Gasteiger partial charge in [0.15, 0.2) is 5.82 Å². The Hall–Kier alpha value is -5.21. The first kappa shape index (κ1) is 32.4. The highest BCUT2D eigenvalue weighted by molar-refractivity contribution is 6.05. The maximum atomic E-state index is 13.2. The van der Waals surface area contributed by atoms with E-state index in [1.807, 2.05) is 30.3 Å². The van der Waals surface area contributed by atoms with Crippen LogP contribution in [0.3, 0.4) is 0 Å². The summed E-state index contributed by atoms with van der Waals surface area (Å²) in [6.07, 6.45) is 3.08. The Balaban J connectivity index is 0.726. The summed E-state index contributed by atoms with van der Waals surface area (Å²) in [7, 11) is 0. The maximum Gasteiger partial charge on any atom is 0.255 e. The van der Waals surface area contributed by atoms with Gasteiger partial charge in [0.05, 0.1) is 30.1 Å². The predicted octanol–water partition coefficient (Wildman–Crippen LogP) is 1.88. The Bertz CT molecular complexity index is 2040. The number of piperazine rings is 1. The second kappa shape index (κ2) is 12.7. The van der Waals surface area contributed by atoms with E-state index in [0.717, 1.165) is 81.7 Å². The number of hydrogen-bond acceptors (Lipinski definition) is 12. The molecular formula is C39H43N9O5. The highest BCUT2D eigenvalue weighted by atomic mass is 16.5. The van der Waals surface area contributed by atoms with Crippen molar-refractivity contribution in [3.05, 3.63) is 71.4 Å². The lowest BCUT2D eigenvalue weighted by atomic mass is 10.0. The number of rotatable bonds is 7. The molecule has 0 spiro atoms. The molecule has 53 heavy (non-hydrogen) atoms. The number of hydrogen-bond donors (Lipinski definition) is 3. The fourth-order valence-corrected chi connectivity index (χ4v) is 9.41. The molecule has 7 heterocycles. The lowest BCUT2D eigenvalue weighted by Crippen LogP contribution is -2.58. The van der Waals surface area contributed by atoms with Gasteiger partial charge in [-0.25, -0.2) is 0 Å². The van der Waals surface area contributed by atoms with Crippen molar-refractivity contribution in [1.29, 1.82) is 0 Å². The van der Waals surface area contributed by atoms with Gasteiger partial charge in [-0.2, -0.15) is 0 Å². The van der Waals surface area contributed by atoms with E-state index in [4.69, 9.17) is 4.74 Å². The van der Waals surface area contributed by atoms with Crippen LogP contribution in [0.5, 0.6) is 5.75 Å². The number of aromatic hydroxyl groups is 1. The van der Waals surface area contributed by atoms with Crippen LogP contribution in [-0.2, 0) is 20.9 Å². The zero-order chi connectivity index (χ0) is 35.8. The number of fused-ring (bicyclic) bond motifs is 5. The Labute approximate surface area is 307 Å². The van der Waals surface area contributed by atoms with Gasteiger partial charge >= 0.3 is 0 Å². The molecule has 5 atom stereocenters. The van der Waals surface area contributed by atoms with Crippen molar-refractivity contribution < 1.29 is 24.2 Å². The Morgan fingerprint density at radius 3 is 2.68 bits per heavy atom. The summed E-state index contributed by atoms with van der Waals surface area (Å²) >= 11 is 0. The average Bonchev–Trinajstić information content (AvgIpc) is 3.44. The van der Waals surface area contributed by atoms with Crippen molar-refractivity contribution in [2.75, 3.05) is 80.6 Å². The number of morpholine rings is 1.